The Hall–Kier alpha value is -0.760. The minimum absolute atomic E-state index is 0.253. The fourth-order valence-corrected chi connectivity index (χ4v) is 1.74. The molecule has 2 heteroatoms. The second kappa shape index (κ2) is 2.70. The van der Waals surface area contributed by atoms with Crippen molar-refractivity contribution >= 4 is 0 Å². The highest BCUT2D eigenvalue weighted by molar-refractivity contribution is 5.33. The van der Waals surface area contributed by atoms with Crippen LogP contribution in [0.15, 0.2) is 23.5 Å². The molecule has 2 nitrogen and oxygen atoms in total. The second-order valence-corrected chi connectivity index (χ2v) is 3.16. The van der Waals surface area contributed by atoms with E-state index in [1.165, 1.54) is 24.0 Å². The molecule has 1 aliphatic carbocycles. The molecule has 2 rings (SSSR count). The fraction of sp³-hybridized carbons (Fsp3) is 0.556. The summed E-state index contributed by atoms with van der Waals surface area (Å²) < 4.78 is 5.19. The Kier molecular flexibility index (Phi) is 1.70. The molecule has 0 aromatic carbocycles. The van der Waals surface area contributed by atoms with E-state index in [-0.39, 0.29) is 6.04 Å². The smallest absolute Gasteiger partial charge is 0.110 e. The number of allylic oxidation sites excluding steroid dienone is 2. The summed E-state index contributed by atoms with van der Waals surface area (Å²) in [7, 11) is 0. The molecule has 2 N–H and O–H groups in total. The maximum absolute atomic E-state index is 5.92. The van der Waals surface area contributed by atoms with Gasteiger partial charge in [-0.3, -0.25) is 0 Å². The van der Waals surface area contributed by atoms with Gasteiger partial charge in [0, 0.05) is 6.04 Å². The predicted octanol–water partition coefficient (Wildman–Crippen LogP) is 1.34. The topological polar surface area (TPSA) is 35.2 Å². The lowest BCUT2D eigenvalue weighted by molar-refractivity contribution is 0.261. The first-order valence-corrected chi connectivity index (χ1v) is 4.13. The van der Waals surface area contributed by atoms with Gasteiger partial charge in [-0.2, -0.15) is 0 Å². The molecule has 0 saturated heterocycles. The van der Waals surface area contributed by atoms with Crippen LogP contribution in [0.5, 0.6) is 0 Å². The van der Waals surface area contributed by atoms with Crippen LogP contribution < -0.4 is 5.73 Å². The van der Waals surface area contributed by atoms with Crippen molar-refractivity contribution in [1.29, 1.82) is 0 Å². The van der Waals surface area contributed by atoms with E-state index in [1.807, 2.05) is 0 Å². The molecule has 0 bridgehead atoms. The highest BCUT2D eigenvalue weighted by Gasteiger charge is 2.20. The maximum Gasteiger partial charge on any atom is 0.110 e. The van der Waals surface area contributed by atoms with Crippen LogP contribution in [0.3, 0.4) is 0 Å². The van der Waals surface area contributed by atoms with Crippen LogP contribution in [0, 0.1) is 0 Å². The van der Waals surface area contributed by atoms with Gasteiger partial charge in [-0.15, -0.1) is 0 Å². The van der Waals surface area contributed by atoms with Crippen LogP contribution in [0.1, 0.15) is 19.3 Å². The van der Waals surface area contributed by atoms with Crippen molar-refractivity contribution in [2.75, 3.05) is 6.61 Å². The zero-order chi connectivity index (χ0) is 7.68. The highest BCUT2D eigenvalue weighted by atomic mass is 16.5. The molecule has 1 unspecified atom stereocenters. The summed E-state index contributed by atoms with van der Waals surface area (Å²) in [6.45, 7) is 0.715. The molecular formula is C9H13NO. The summed E-state index contributed by atoms with van der Waals surface area (Å²) >= 11 is 0. The van der Waals surface area contributed by atoms with Gasteiger partial charge >= 0.3 is 0 Å². The molecule has 0 spiro atoms. The van der Waals surface area contributed by atoms with Crippen LogP contribution in [-0.4, -0.2) is 12.6 Å². The number of rotatable bonds is 0. The Morgan fingerprint density at radius 2 is 2.45 bits per heavy atom. The van der Waals surface area contributed by atoms with Gasteiger partial charge in [0.15, 0.2) is 0 Å². The van der Waals surface area contributed by atoms with Gasteiger partial charge in [-0.25, -0.2) is 0 Å². The van der Waals surface area contributed by atoms with Crippen molar-refractivity contribution in [3.05, 3.63) is 23.5 Å². The average molecular weight is 151 g/mol. The molecule has 1 heterocycles. The largest absolute Gasteiger partial charge is 0.497 e. The standard InChI is InChI=1S/C9H13NO/c10-9-3-1-2-7-4-5-11-6-8(7)9/h4-5,9H,1-3,6,10H2. The van der Waals surface area contributed by atoms with Crippen molar-refractivity contribution in [2.24, 2.45) is 5.73 Å². The van der Waals surface area contributed by atoms with Crippen LogP contribution in [-0.2, 0) is 4.74 Å². The summed E-state index contributed by atoms with van der Waals surface area (Å²) in [5, 5.41) is 0. The monoisotopic (exact) mass is 151 g/mol. The summed E-state index contributed by atoms with van der Waals surface area (Å²) in [6, 6.07) is 0.253. The SMILES string of the molecule is NC1CCCC2=C1COC=C2. The van der Waals surface area contributed by atoms with Gasteiger partial charge in [-0.1, -0.05) is 0 Å². The number of nitrogens with two attached hydrogens (primary N) is 1. The zero-order valence-electron chi connectivity index (χ0n) is 6.55. The van der Waals surface area contributed by atoms with Crippen LogP contribution >= 0.6 is 0 Å². The fourth-order valence-electron chi connectivity index (χ4n) is 1.74. The van der Waals surface area contributed by atoms with Crippen molar-refractivity contribution < 1.29 is 4.74 Å². The molecule has 0 aromatic heterocycles. The third-order valence-electron chi connectivity index (χ3n) is 2.43. The van der Waals surface area contributed by atoms with E-state index in [1.54, 1.807) is 6.26 Å². The summed E-state index contributed by atoms with van der Waals surface area (Å²) in [5.74, 6) is 0. The van der Waals surface area contributed by atoms with Crippen LogP contribution in [0.25, 0.3) is 0 Å². The minimum atomic E-state index is 0.253. The summed E-state index contributed by atoms with van der Waals surface area (Å²) in [4.78, 5) is 0. The van der Waals surface area contributed by atoms with E-state index >= 15 is 0 Å². The van der Waals surface area contributed by atoms with E-state index < -0.39 is 0 Å². The van der Waals surface area contributed by atoms with Gasteiger partial charge in [-0.05, 0) is 36.5 Å². The molecule has 0 radical (unpaired) electrons. The van der Waals surface area contributed by atoms with E-state index in [4.69, 9.17) is 10.5 Å². The molecule has 1 aliphatic heterocycles. The van der Waals surface area contributed by atoms with Crippen LogP contribution in [0.2, 0.25) is 0 Å². The van der Waals surface area contributed by atoms with Gasteiger partial charge in [0.05, 0.1) is 6.26 Å². The molecule has 0 saturated carbocycles. The van der Waals surface area contributed by atoms with E-state index in [2.05, 4.69) is 6.08 Å². The molecule has 0 aromatic rings. The Labute approximate surface area is 66.7 Å². The highest BCUT2D eigenvalue weighted by Crippen LogP contribution is 2.27. The van der Waals surface area contributed by atoms with Gasteiger partial charge in [0.25, 0.3) is 0 Å². The van der Waals surface area contributed by atoms with Crippen molar-refractivity contribution in [3.8, 4) is 0 Å². The first kappa shape index (κ1) is 6.92. The Bertz CT molecular complexity index is 218. The first-order valence-electron chi connectivity index (χ1n) is 4.13. The first-order chi connectivity index (χ1) is 5.38. The Balaban J connectivity index is 2.28. The molecule has 11 heavy (non-hydrogen) atoms. The average Bonchev–Trinajstić information content (AvgIpc) is 2.06. The van der Waals surface area contributed by atoms with Gasteiger partial charge in [0.1, 0.15) is 6.61 Å². The number of ether oxygens (including phenoxy) is 1. The van der Waals surface area contributed by atoms with Crippen molar-refractivity contribution in [2.45, 2.75) is 25.3 Å². The summed E-state index contributed by atoms with van der Waals surface area (Å²) in [5.41, 5.74) is 8.65. The molecule has 60 valence electrons. The minimum Gasteiger partial charge on any atom is -0.497 e. The third kappa shape index (κ3) is 1.18. The second-order valence-electron chi connectivity index (χ2n) is 3.16. The van der Waals surface area contributed by atoms with E-state index in [0.29, 0.717) is 6.61 Å². The van der Waals surface area contributed by atoms with Crippen molar-refractivity contribution in [1.82, 2.24) is 0 Å². The summed E-state index contributed by atoms with van der Waals surface area (Å²) in [6.07, 6.45) is 7.36. The molecule has 0 fully saturated rings. The van der Waals surface area contributed by atoms with Gasteiger partial charge < -0.3 is 10.5 Å². The molecular weight excluding hydrogens is 138 g/mol. The quantitative estimate of drug-likeness (QED) is 0.567. The molecule has 1 atom stereocenters. The lowest BCUT2D eigenvalue weighted by Crippen LogP contribution is -2.29. The van der Waals surface area contributed by atoms with E-state index in [0.717, 1.165) is 6.42 Å². The normalized spacial score (nSPS) is 29.7. The number of hydrogen-bond donors (Lipinski definition) is 1. The zero-order valence-corrected chi connectivity index (χ0v) is 6.55. The predicted molar refractivity (Wildman–Crippen MR) is 43.9 cm³/mol. The third-order valence-corrected chi connectivity index (χ3v) is 2.43. The van der Waals surface area contributed by atoms with Gasteiger partial charge in [0.2, 0.25) is 0 Å². The lowest BCUT2D eigenvalue weighted by Gasteiger charge is -2.26. The Morgan fingerprint density at radius 3 is 3.27 bits per heavy atom. The van der Waals surface area contributed by atoms with E-state index in [9.17, 15) is 0 Å². The molecule has 2 aliphatic rings. The Morgan fingerprint density at radius 1 is 1.55 bits per heavy atom. The van der Waals surface area contributed by atoms with Crippen molar-refractivity contribution in [3.63, 3.8) is 0 Å². The lowest BCUT2D eigenvalue weighted by atomic mass is 9.88. The number of hydrogen-bond acceptors (Lipinski definition) is 2. The maximum atomic E-state index is 5.92. The van der Waals surface area contributed by atoms with Crippen LogP contribution in [0.4, 0.5) is 0 Å². The molecule has 0 amide bonds.